The summed E-state index contributed by atoms with van der Waals surface area (Å²) in [5, 5.41) is 8.99. The van der Waals surface area contributed by atoms with E-state index in [2.05, 4.69) is 4.72 Å². The fourth-order valence-corrected chi connectivity index (χ4v) is 2.87. The first kappa shape index (κ1) is 14.3. The molecule has 4 nitrogen and oxygen atoms in total. The van der Waals surface area contributed by atoms with Crippen molar-refractivity contribution in [3.8, 4) is 6.07 Å². The number of nitrogens with zero attached hydrogens (tertiary/aromatic N) is 1. The van der Waals surface area contributed by atoms with Crippen molar-refractivity contribution in [1.82, 2.24) is 0 Å². The molecule has 0 aliphatic carbocycles. The van der Waals surface area contributed by atoms with Crippen molar-refractivity contribution in [2.45, 2.75) is 4.90 Å². The van der Waals surface area contributed by atoms with Crippen LogP contribution in [0.25, 0.3) is 0 Å². The minimum Gasteiger partial charge on any atom is -0.280 e. The Kier molecular flexibility index (Phi) is 3.93. The van der Waals surface area contributed by atoms with Gasteiger partial charge in [-0.1, -0.05) is 17.7 Å². The molecule has 0 heterocycles. The second-order valence-electron chi connectivity index (χ2n) is 3.87. The fourth-order valence-electron chi connectivity index (χ4n) is 1.52. The van der Waals surface area contributed by atoms with Crippen molar-refractivity contribution in [3.63, 3.8) is 0 Å². The summed E-state index contributed by atoms with van der Waals surface area (Å²) in [5.74, 6) is -0.710. The molecular weight excluding hydrogens is 303 g/mol. The van der Waals surface area contributed by atoms with Gasteiger partial charge in [0.05, 0.1) is 16.1 Å². The third-order valence-corrected chi connectivity index (χ3v) is 4.06. The monoisotopic (exact) mass is 310 g/mol. The minimum atomic E-state index is -3.84. The number of nitrogens with one attached hydrogen (secondary N) is 1. The van der Waals surface area contributed by atoms with E-state index in [9.17, 15) is 12.8 Å². The Morgan fingerprint density at radius 1 is 1.20 bits per heavy atom. The van der Waals surface area contributed by atoms with Crippen LogP contribution in [0.15, 0.2) is 47.4 Å². The zero-order valence-electron chi connectivity index (χ0n) is 9.97. The maximum atomic E-state index is 13.2. The largest absolute Gasteiger partial charge is 0.280 e. The molecule has 0 saturated carbocycles. The number of hydrogen-bond acceptors (Lipinski definition) is 3. The van der Waals surface area contributed by atoms with Gasteiger partial charge in [0.25, 0.3) is 10.0 Å². The first-order valence-electron chi connectivity index (χ1n) is 5.40. The van der Waals surface area contributed by atoms with Gasteiger partial charge >= 0.3 is 0 Å². The molecule has 0 radical (unpaired) electrons. The molecule has 0 amide bonds. The van der Waals surface area contributed by atoms with Crippen molar-refractivity contribution in [3.05, 3.63) is 58.9 Å². The lowest BCUT2D eigenvalue weighted by molar-refractivity contribution is 0.601. The van der Waals surface area contributed by atoms with Crippen LogP contribution >= 0.6 is 11.6 Å². The van der Waals surface area contributed by atoms with Gasteiger partial charge in [-0.2, -0.15) is 5.26 Å². The topological polar surface area (TPSA) is 70.0 Å². The summed E-state index contributed by atoms with van der Waals surface area (Å²) in [5.41, 5.74) is -0.140. The molecule has 2 aromatic carbocycles. The summed E-state index contributed by atoms with van der Waals surface area (Å²) in [6, 6.07) is 10.7. The number of benzene rings is 2. The molecule has 0 aliphatic rings. The highest BCUT2D eigenvalue weighted by Gasteiger charge is 2.15. The highest BCUT2D eigenvalue weighted by atomic mass is 35.5. The van der Waals surface area contributed by atoms with Crippen LogP contribution in [0.2, 0.25) is 5.02 Å². The third-order valence-electron chi connectivity index (χ3n) is 2.45. The maximum absolute atomic E-state index is 13.2. The van der Waals surface area contributed by atoms with Gasteiger partial charge in [-0.15, -0.1) is 0 Å². The molecule has 0 bridgehead atoms. The summed E-state index contributed by atoms with van der Waals surface area (Å²) in [6.07, 6.45) is 0. The number of rotatable bonds is 3. The molecule has 0 fully saturated rings. The molecule has 1 N–H and O–H groups in total. The van der Waals surface area contributed by atoms with E-state index in [1.54, 1.807) is 12.1 Å². The Morgan fingerprint density at radius 3 is 2.60 bits per heavy atom. The minimum absolute atomic E-state index is 0.0205. The molecule has 2 rings (SSSR count). The third kappa shape index (κ3) is 3.07. The average molecular weight is 311 g/mol. The second-order valence-corrected chi connectivity index (χ2v) is 5.99. The van der Waals surface area contributed by atoms with Gasteiger partial charge in [-0.3, -0.25) is 4.72 Å². The van der Waals surface area contributed by atoms with Crippen molar-refractivity contribution in [2.24, 2.45) is 0 Å². The van der Waals surface area contributed by atoms with E-state index in [-0.39, 0.29) is 21.2 Å². The Bertz CT molecular complexity index is 800. The Hall–Kier alpha value is -2.10. The first-order valence-corrected chi connectivity index (χ1v) is 7.26. The van der Waals surface area contributed by atoms with Gasteiger partial charge in [0, 0.05) is 5.02 Å². The predicted molar refractivity (Wildman–Crippen MR) is 73.4 cm³/mol. The molecule has 0 aliphatic heterocycles. The smallest absolute Gasteiger partial charge is 0.261 e. The average Bonchev–Trinajstić information content (AvgIpc) is 2.40. The SMILES string of the molecule is N#Cc1cc(NS(=O)(=O)c2cccc(Cl)c2)ccc1F. The van der Waals surface area contributed by atoms with Gasteiger partial charge in [-0.25, -0.2) is 12.8 Å². The molecule has 0 spiro atoms. The molecule has 0 saturated heterocycles. The van der Waals surface area contributed by atoms with E-state index in [1.807, 2.05) is 0 Å². The fraction of sp³-hybridized carbons (Fsp3) is 0. The molecular formula is C13H8ClFN2O2S. The highest BCUT2D eigenvalue weighted by molar-refractivity contribution is 7.92. The molecule has 7 heteroatoms. The van der Waals surface area contributed by atoms with Crippen LogP contribution in [0.3, 0.4) is 0 Å². The summed E-state index contributed by atoms with van der Waals surface area (Å²) in [7, 11) is -3.84. The van der Waals surface area contributed by atoms with Crippen LogP contribution < -0.4 is 4.72 Å². The van der Waals surface area contributed by atoms with E-state index >= 15 is 0 Å². The number of sulfonamides is 1. The van der Waals surface area contributed by atoms with Gasteiger partial charge in [0.2, 0.25) is 0 Å². The van der Waals surface area contributed by atoms with E-state index < -0.39 is 15.8 Å². The quantitative estimate of drug-likeness (QED) is 0.946. The number of nitriles is 1. The highest BCUT2D eigenvalue weighted by Crippen LogP contribution is 2.20. The molecule has 102 valence electrons. The van der Waals surface area contributed by atoms with Gasteiger partial charge in [0.15, 0.2) is 0 Å². The van der Waals surface area contributed by atoms with Crippen LogP contribution in [0.4, 0.5) is 10.1 Å². The van der Waals surface area contributed by atoms with E-state index in [1.165, 1.54) is 24.3 Å². The Morgan fingerprint density at radius 2 is 1.95 bits per heavy atom. The van der Waals surface area contributed by atoms with Gasteiger partial charge in [0.1, 0.15) is 11.9 Å². The Labute approximate surface area is 120 Å². The molecule has 0 aromatic heterocycles. The van der Waals surface area contributed by atoms with E-state index in [0.29, 0.717) is 0 Å². The van der Waals surface area contributed by atoms with E-state index in [0.717, 1.165) is 12.1 Å². The maximum Gasteiger partial charge on any atom is 0.261 e. The number of hydrogen-bond donors (Lipinski definition) is 1. The standard InChI is InChI=1S/C13H8ClFN2O2S/c14-10-2-1-3-12(7-10)20(18,19)17-11-4-5-13(15)9(6-11)8-16/h1-7,17H. The number of halogens is 2. The molecule has 20 heavy (non-hydrogen) atoms. The lowest BCUT2D eigenvalue weighted by Crippen LogP contribution is -2.13. The summed E-state index contributed by atoms with van der Waals surface area (Å²) < 4.78 is 39.6. The van der Waals surface area contributed by atoms with Crippen LogP contribution in [0.5, 0.6) is 0 Å². The van der Waals surface area contributed by atoms with Crippen LogP contribution in [-0.4, -0.2) is 8.42 Å². The van der Waals surface area contributed by atoms with Crippen molar-refractivity contribution in [2.75, 3.05) is 4.72 Å². The van der Waals surface area contributed by atoms with Gasteiger partial charge in [-0.05, 0) is 36.4 Å². The van der Waals surface area contributed by atoms with Crippen LogP contribution in [-0.2, 0) is 10.0 Å². The molecule has 2 aromatic rings. The van der Waals surface area contributed by atoms with Crippen LogP contribution in [0, 0.1) is 17.1 Å². The van der Waals surface area contributed by atoms with Crippen molar-refractivity contribution in [1.29, 1.82) is 5.26 Å². The lowest BCUT2D eigenvalue weighted by Gasteiger charge is -2.08. The molecule has 0 unspecified atom stereocenters. The zero-order valence-corrected chi connectivity index (χ0v) is 11.5. The first-order chi connectivity index (χ1) is 9.42. The van der Waals surface area contributed by atoms with Crippen LogP contribution in [0.1, 0.15) is 5.56 Å². The lowest BCUT2D eigenvalue weighted by atomic mass is 10.2. The van der Waals surface area contributed by atoms with Gasteiger partial charge < -0.3 is 0 Å². The number of anilines is 1. The summed E-state index contributed by atoms with van der Waals surface area (Å²) >= 11 is 5.74. The summed E-state index contributed by atoms with van der Waals surface area (Å²) in [4.78, 5) is -0.0205. The van der Waals surface area contributed by atoms with E-state index in [4.69, 9.17) is 16.9 Å². The second kappa shape index (κ2) is 5.49. The molecule has 0 atom stereocenters. The normalized spacial score (nSPS) is 10.8. The summed E-state index contributed by atoms with van der Waals surface area (Å²) in [6.45, 7) is 0. The Balaban J connectivity index is 2.36. The van der Waals surface area contributed by atoms with Crippen molar-refractivity contribution >= 4 is 27.3 Å². The zero-order chi connectivity index (χ0) is 14.8. The predicted octanol–water partition coefficient (Wildman–Crippen LogP) is 3.15. The van der Waals surface area contributed by atoms with Crippen molar-refractivity contribution < 1.29 is 12.8 Å².